The van der Waals surface area contributed by atoms with E-state index in [1.54, 1.807) is 13.8 Å². The Kier molecular flexibility index (Phi) is 2.70. The standard InChI is InChI=1S/C9H10N2O2/c1-3-4-5-11-6-7(2)8(12)10-9(11)13/h6H,5H2,1-2H3,(H,10,12,13). The topological polar surface area (TPSA) is 54.9 Å². The first-order chi connectivity index (χ1) is 6.15. The lowest BCUT2D eigenvalue weighted by atomic mass is 10.4. The normalized spacial score (nSPS) is 9.08. The minimum Gasteiger partial charge on any atom is -0.289 e. The Labute approximate surface area is 75.2 Å². The summed E-state index contributed by atoms with van der Waals surface area (Å²) in [5, 5.41) is 0. The third-order valence-corrected chi connectivity index (χ3v) is 1.62. The number of hydrogen-bond acceptors (Lipinski definition) is 2. The first-order valence-corrected chi connectivity index (χ1v) is 3.85. The van der Waals surface area contributed by atoms with Crippen LogP contribution >= 0.6 is 0 Å². The lowest BCUT2D eigenvalue weighted by Crippen LogP contribution is -2.30. The van der Waals surface area contributed by atoms with Gasteiger partial charge < -0.3 is 0 Å². The van der Waals surface area contributed by atoms with Crippen molar-refractivity contribution in [3.05, 3.63) is 32.6 Å². The van der Waals surface area contributed by atoms with Crippen LogP contribution in [0.4, 0.5) is 0 Å². The average molecular weight is 178 g/mol. The van der Waals surface area contributed by atoms with Gasteiger partial charge in [-0.3, -0.25) is 14.3 Å². The van der Waals surface area contributed by atoms with Crippen LogP contribution in [0.1, 0.15) is 12.5 Å². The Morgan fingerprint density at radius 3 is 2.85 bits per heavy atom. The fraction of sp³-hybridized carbons (Fsp3) is 0.333. The summed E-state index contributed by atoms with van der Waals surface area (Å²) in [6, 6.07) is 0. The van der Waals surface area contributed by atoms with Crippen LogP contribution in [-0.2, 0) is 6.54 Å². The predicted molar refractivity (Wildman–Crippen MR) is 49.5 cm³/mol. The summed E-state index contributed by atoms with van der Waals surface area (Å²) >= 11 is 0. The Morgan fingerprint density at radius 2 is 2.23 bits per heavy atom. The van der Waals surface area contributed by atoms with Gasteiger partial charge in [0.2, 0.25) is 0 Å². The molecule has 0 amide bonds. The van der Waals surface area contributed by atoms with Gasteiger partial charge in [-0.2, -0.15) is 0 Å². The molecule has 0 saturated heterocycles. The van der Waals surface area contributed by atoms with E-state index in [0.717, 1.165) is 0 Å². The summed E-state index contributed by atoms with van der Waals surface area (Å²) in [6.45, 7) is 3.66. The van der Waals surface area contributed by atoms with Crippen LogP contribution in [-0.4, -0.2) is 9.55 Å². The molecule has 0 saturated carbocycles. The lowest BCUT2D eigenvalue weighted by Gasteiger charge is -1.99. The molecule has 0 radical (unpaired) electrons. The van der Waals surface area contributed by atoms with Crippen molar-refractivity contribution in [2.45, 2.75) is 20.4 Å². The monoisotopic (exact) mass is 178 g/mol. The number of hydrogen-bond donors (Lipinski definition) is 1. The zero-order chi connectivity index (χ0) is 9.84. The van der Waals surface area contributed by atoms with Crippen LogP contribution in [0.5, 0.6) is 0 Å². The summed E-state index contributed by atoms with van der Waals surface area (Å²) in [5.41, 5.74) is -0.249. The highest BCUT2D eigenvalue weighted by molar-refractivity contribution is 5.03. The summed E-state index contributed by atoms with van der Waals surface area (Å²) in [6.07, 6.45) is 1.51. The molecule has 0 aliphatic carbocycles. The van der Waals surface area contributed by atoms with Crippen LogP contribution in [0, 0.1) is 18.8 Å². The van der Waals surface area contributed by atoms with Crippen LogP contribution in [0.25, 0.3) is 0 Å². The third kappa shape index (κ3) is 2.09. The number of H-pyrrole nitrogens is 1. The van der Waals surface area contributed by atoms with Crippen LogP contribution in [0.15, 0.2) is 15.8 Å². The van der Waals surface area contributed by atoms with E-state index in [0.29, 0.717) is 12.1 Å². The van der Waals surface area contributed by atoms with E-state index < -0.39 is 5.69 Å². The van der Waals surface area contributed by atoms with Gasteiger partial charge in [0.15, 0.2) is 0 Å². The van der Waals surface area contributed by atoms with Crippen molar-refractivity contribution in [2.24, 2.45) is 0 Å². The van der Waals surface area contributed by atoms with Crippen molar-refractivity contribution in [3.8, 4) is 11.8 Å². The van der Waals surface area contributed by atoms with E-state index in [-0.39, 0.29) is 5.56 Å². The van der Waals surface area contributed by atoms with Gasteiger partial charge in [0.25, 0.3) is 5.56 Å². The molecular weight excluding hydrogens is 168 g/mol. The number of nitrogens with one attached hydrogen (secondary N) is 1. The van der Waals surface area contributed by atoms with Crippen molar-refractivity contribution < 1.29 is 0 Å². The quantitative estimate of drug-likeness (QED) is 0.609. The Hall–Kier alpha value is -1.76. The Balaban J connectivity index is 3.21. The molecule has 13 heavy (non-hydrogen) atoms. The molecule has 68 valence electrons. The molecular formula is C9H10N2O2. The molecule has 0 bridgehead atoms. The summed E-state index contributed by atoms with van der Waals surface area (Å²) in [5.74, 6) is 5.42. The first kappa shape index (κ1) is 9.33. The number of aryl methyl sites for hydroxylation is 1. The second-order valence-electron chi connectivity index (χ2n) is 2.63. The molecule has 0 aliphatic rings. The zero-order valence-electron chi connectivity index (χ0n) is 7.55. The minimum absolute atomic E-state index is 0.312. The van der Waals surface area contributed by atoms with E-state index in [2.05, 4.69) is 16.8 Å². The van der Waals surface area contributed by atoms with Crippen LogP contribution in [0.2, 0.25) is 0 Å². The van der Waals surface area contributed by atoms with Gasteiger partial charge in [0.05, 0.1) is 6.54 Å². The molecule has 1 rings (SSSR count). The molecule has 1 aromatic rings. The second kappa shape index (κ2) is 3.76. The predicted octanol–water partition coefficient (Wildman–Crippen LogP) is -0.132. The third-order valence-electron chi connectivity index (χ3n) is 1.62. The molecule has 0 unspecified atom stereocenters. The maximum absolute atomic E-state index is 11.1. The summed E-state index contributed by atoms with van der Waals surface area (Å²) in [7, 11) is 0. The van der Waals surface area contributed by atoms with Gasteiger partial charge in [-0.1, -0.05) is 5.92 Å². The lowest BCUT2D eigenvalue weighted by molar-refractivity contribution is 0.741. The van der Waals surface area contributed by atoms with Crippen molar-refractivity contribution >= 4 is 0 Å². The fourth-order valence-corrected chi connectivity index (χ4v) is 0.900. The van der Waals surface area contributed by atoms with E-state index in [1.165, 1.54) is 10.8 Å². The van der Waals surface area contributed by atoms with Crippen LogP contribution < -0.4 is 11.2 Å². The molecule has 0 aliphatic heterocycles. The highest BCUT2D eigenvalue weighted by atomic mass is 16.2. The molecule has 1 aromatic heterocycles. The van der Waals surface area contributed by atoms with E-state index >= 15 is 0 Å². The summed E-state index contributed by atoms with van der Waals surface area (Å²) in [4.78, 5) is 24.3. The molecule has 1 N–H and O–H groups in total. The highest BCUT2D eigenvalue weighted by Gasteiger charge is 1.97. The number of rotatable bonds is 1. The highest BCUT2D eigenvalue weighted by Crippen LogP contribution is 1.82. The maximum Gasteiger partial charge on any atom is 0.329 e. The minimum atomic E-state index is -0.418. The Morgan fingerprint density at radius 1 is 1.54 bits per heavy atom. The van der Waals surface area contributed by atoms with Gasteiger partial charge in [0.1, 0.15) is 0 Å². The van der Waals surface area contributed by atoms with E-state index in [4.69, 9.17) is 0 Å². The smallest absolute Gasteiger partial charge is 0.289 e. The molecule has 0 fully saturated rings. The van der Waals surface area contributed by atoms with Gasteiger partial charge in [-0.15, -0.1) is 5.92 Å². The molecule has 0 atom stereocenters. The van der Waals surface area contributed by atoms with Gasteiger partial charge >= 0.3 is 5.69 Å². The fourth-order valence-electron chi connectivity index (χ4n) is 0.900. The molecule has 4 heteroatoms. The zero-order valence-corrected chi connectivity index (χ0v) is 7.55. The molecule has 0 aromatic carbocycles. The van der Waals surface area contributed by atoms with Gasteiger partial charge in [-0.05, 0) is 13.8 Å². The SMILES string of the molecule is CC#CCn1cc(C)c(=O)[nH]c1=O. The Bertz CT molecular complexity index is 471. The number of aromatic amines is 1. The maximum atomic E-state index is 11.1. The van der Waals surface area contributed by atoms with Gasteiger partial charge in [-0.25, -0.2) is 4.79 Å². The molecule has 4 nitrogen and oxygen atoms in total. The molecule has 0 spiro atoms. The first-order valence-electron chi connectivity index (χ1n) is 3.85. The summed E-state index contributed by atoms with van der Waals surface area (Å²) < 4.78 is 1.37. The number of aromatic nitrogens is 2. The van der Waals surface area contributed by atoms with Crippen LogP contribution in [0.3, 0.4) is 0 Å². The van der Waals surface area contributed by atoms with Crippen molar-refractivity contribution in [1.29, 1.82) is 0 Å². The van der Waals surface area contributed by atoms with E-state index in [9.17, 15) is 9.59 Å². The van der Waals surface area contributed by atoms with E-state index in [1.807, 2.05) is 0 Å². The van der Waals surface area contributed by atoms with Crippen molar-refractivity contribution in [2.75, 3.05) is 0 Å². The largest absolute Gasteiger partial charge is 0.329 e. The number of nitrogens with zero attached hydrogens (tertiary/aromatic N) is 1. The van der Waals surface area contributed by atoms with Gasteiger partial charge in [0, 0.05) is 11.8 Å². The van der Waals surface area contributed by atoms with Crippen molar-refractivity contribution in [3.63, 3.8) is 0 Å². The molecule has 1 heterocycles. The van der Waals surface area contributed by atoms with Crippen molar-refractivity contribution in [1.82, 2.24) is 9.55 Å². The second-order valence-corrected chi connectivity index (χ2v) is 2.63. The average Bonchev–Trinajstić information content (AvgIpc) is 2.09.